The van der Waals surface area contributed by atoms with E-state index < -0.39 is 5.60 Å². The smallest absolute Gasteiger partial charge is 0.277 e. The molecule has 1 fully saturated rings. The molecular formula is C25H23ClN4O3. The number of fused-ring (bicyclic) bond motifs is 1. The monoisotopic (exact) mass is 462 g/mol. The molecule has 1 aliphatic rings. The maximum atomic E-state index is 13.1. The van der Waals surface area contributed by atoms with Crippen LogP contribution in [0.25, 0.3) is 16.6 Å². The summed E-state index contributed by atoms with van der Waals surface area (Å²) in [5.74, 6) is -0.0682. The van der Waals surface area contributed by atoms with Gasteiger partial charge < -0.3 is 10.0 Å². The van der Waals surface area contributed by atoms with Crippen molar-refractivity contribution >= 4 is 23.0 Å². The number of hydrogen-bond acceptors (Lipinski definition) is 4. The van der Waals surface area contributed by atoms with Crippen molar-refractivity contribution < 1.29 is 9.90 Å². The number of carbonyl (C=O) groups is 1. The first kappa shape index (κ1) is 21.4. The van der Waals surface area contributed by atoms with Gasteiger partial charge in [0.1, 0.15) is 11.8 Å². The summed E-state index contributed by atoms with van der Waals surface area (Å²) in [4.78, 5) is 27.5. The Bertz CT molecular complexity index is 1370. The molecule has 7 nitrogen and oxygen atoms in total. The van der Waals surface area contributed by atoms with Crippen LogP contribution in [0.2, 0.25) is 5.02 Å². The van der Waals surface area contributed by atoms with Gasteiger partial charge in [-0.2, -0.15) is 5.10 Å². The van der Waals surface area contributed by atoms with Crippen molar-refractivity contribution in [3.05, 3.63) is 94.1 Å². The van der Waals surface area contributed by atoms with Gasteiger partial charge in [0.15, 0.2) is 0 Å². The van der Waals surface area contributed by atoms with Crippen LogP contribution in [0.1, 0.15) is 23.2 Å². The highest BCUT2D eigenvalue weighted by Gasteiger charge is 2.35. The first-order valence-electron chi connectivity index (χ1n) is 10.8. The Balaban J connectivity index is 1.28. The second-order valence-corrected chi connectivity index (χ2v) is 8.94. The van der Waals surface area contributed by atoms with E-state index >= 15 is 0 Å². The van der Waals surface area contributed by atoms with E-state index in [1.54, 1.807) is 29.3 Å². The number of nitrogens with zero attached hydrogens (tertiary/aromatic N) is 4. The average molecular weight is 463 g/mol. The number of benzene rings is 2. The van der Waals surface area contributed by atoms with E-state index in [0.717, 1.165) is 11.1 Å². The van der Waals surface area contributed by atoms with Gasteiger partial charge >= 0.3 is 0 Å². The van der Waals surface area contributed by atoms with E-state index in [4.69, 9.17) is 11.6 Å². The average Bonchev–Trinajstić information content (AvgIpc) is 3.31. The Morgan fingerprint density at radius 2 is 1.79 bits per heavy atom. The molecule has 3 heterocycles. The lowest BCUT2D eigenvalue weighted by Gasteiger charge is -2.38. The summed E-state index contributed by atoms with van der Waals surface area (Å²) in [7, 11) is 0. The Morgan fingerprint density at radius 1 is 1.03 bits per heavy atom. The number of rotatable bonds is 4. The maximum Gasteiger partial charge on any atom is 0.277 e. The van der Waals surface area contributed by atoms with Crippen LogP contribution in [0.4, 0.5) is 0 Å². The summed E-state index contributed by atoms with van der Waals surface area (Å²) in [6.07, 6.45) is 3.93. The lowest BCUT2D eigenvalue weighted by Crippen LogP contribution is -2.49. The number of carbonyl (C=O) groups excluding carboxylic acids is 1. The minimum Gasteiger partial charge on any atom is -0.388 e. The number of aliphatic hydroxyl groups is 1. The molecule has 0 radical (unpaired) electrons. The van der Waals surface area contributed by atoms with E-state index in [-0.39, 0.29) is 18.0 Å². The molecule has 0 unspecified atom stereocenters. The summed E-state index contributed by atoms with van der Waals surface area (Å²) < 4.78 is 2.96. The normalized spacial score (nSPS) is 15.6. The molecule has 1 N–H and O–H groups in total. The molecule has 2 aromatic carbocycles. The van der Waals surface area contributed by atoms with Crippen LogP contribution in [0.3, 0.4) is 0 Å². The van der Waals surface area contributed by atoms with Gasteiger partial charge in [-0.05, 0) is 60.4 Å². The van der Waals surface area contributed by atoms with Crippen molar-refractivity contribution in [3.63, 3.8) is 0 Å². The highest BCUT2D eigenvalue weighted by atomic mass is 35.5. The topological polar surface area (TPSA) is 79.8 Å². The van der Waals surface area contributed by atoms with Crippen LogP contribution in [-0.2, 0) is 6.54 Å². The maximum absolute atomic E-state index is 13.1. The summed E-state index contributed by atoms with van der Waals surface area (Å²) in [6.45, 7) is 0.973. The molecule has 0 saturated carbocycles. The molecule has 33 heavy (non-hydrogen) atoms. The number of aromatic nitrogens is 3. The van der Waals surface area contributed by atoms with Gasteiger partial charge in [-0.15, -0.1) is 0 Å². The summed E-state index contributed by atoms with van der Waals surface area (Å²) in [5, 5.41) is 16.0. The van der Waals surface area contributed by atoms with Gasteiger partial charge in [0.05, 0.1) is 12.1 Å². The molecule has 4 aromatic rings. The van der Waals surface area contributed by atoms with Gasteiger partial charge in [-0.25, -0.2) is 4.52 Å². The van der Waals surface area contributed by atoms with E-state index in [0.29, 0.717) is 42.0 Å². The fourth-order valence-corrected chi connectivity index (χ4v) is 4.46. The van der Waals surface area contributed by atoms with Crippen LogP contribution in [0, 0.1) is 0 Å². The fourth-order valence-electron chi connectivity index (χ4n) is 4.33. The molecule has 2 aromatic heterocycles. The lowest BCUT2D eigenvalue weighted by atomic mass is 9.90. The number of amides is 1. The van der Waals surface area contributed by atoms with Gasteiger partial charge in [0, 0.05) is 29.9 Å². The fraction of sp³-hybridized carbons (Fsp3) is 0.240. The highest BCUT2D eigenvalue weighted by Crippen LogP contribution is 2.27. The largest absolute Gasteiger partial charge is 0.388 e. The second-order valence-electron chi connectivity index (χ2n) is 8.51. The molecule has 0 atom stereocenters. The van der Waals surface area contributed by atoms with Crippen LogP contribution < -0.4 is 5.56 Å². The summed E-state index contributed by atoms with van der Waals surface area (Å²) in [5.41, 5.74) is 1.74. The van der Waals surface area contributed by atoms with Crippen molar-refractivity contribution in [2.24, 2.45) is 0 Å². The van der Waals surface area contributed by atoms with E-state index in [1.165, 1.54) is 15.4 Å². The van der Waals surface area contributed by atoms with Crippen molar-refractivity contribution in [2.75, 3.05) is 13.1 Å². The van der Waals surface area contributed by atoms with Gasteiger partial charge in [0.2, 0.25) is 0 Å². The standard InChI is InChI=1S/C25H23ClN4O3/c26-21-8-6-18(7-9-21)19-3-1-4-20(15-19)23(31)28-13-10-25(33,11-14-28)16-29-17-27-30-12-2-5-22(30)24(29)32/h1-9,12,15,17,33H,10-11,13-14,16H2. The third-order valence-electron chi connectivity index (χ3n) is 6.26. The predicted octanol–water partition coefficient (Wildman–Crippen LogP) is 3.48. The molecule has 1 aliphatic heterocycles. The molecule has 8 heteroatoms. The van der Waals surface area contributed by atoms with Crippen LogP contribution in [0.5, 0.6) is 0 Å². The Labute approximate surface area is 195 Å². The Kier molecular flexibility index (Phi) is 5.52. The third-order valence-corrected chi connectivity index (χ3v) is 6.51. The van der Waals surface area contributed by atoms with Crippen molar-refractivity contribution in [2.45, 2.75) is 25.0 Å². The van der Waals surface area contributed by atoms with E-state index in [2.05, 4.69) is 5.10 Å². The van der Waals surface area contributed by atoms with Crippen LogP contribution >= 0.6 is 11.6 Å². The van der Waals surface area contributed by atoms with Gasteiger partial charge in [-0.1, -0.05) is 35.9 Å². The highest BCUT2D eigenvalue weighted by molar-refractivity contribution is 6.30. The van der Waals surface area contributed by atoms with Gasteiger partial charge in [-0.3, -0.25) is 14.2 Å². The van der Waals surface area contributed by atoms with Crippen LogP contribution in [0.15, 0.2) is 78.0 Å². The zero-order valence-corrected chi connectivity index (χ0v) is 18.7. The summed E-state index contributed by atoms with van der Waals surface area (Å²) >= 11 is 5.98. The first-order chi connectivity index (χ1) is 15.9. The zero-order chi connectivity index (χ0) is 23.0. The minimum absolute atomic E-state index is 0.0682. The molecule has 5 rings (SSSR count). The summed E-state index contributed by atoms with van der Waals surface area (Å²) in [6, 6.07) is 18.5. The van der Waals surface area contributed by atoms with Crippen molar-refractivity contribution in [3.8, 4) is 11.1 Å². The van der Waals surface area contributed by atoms with Crippen LogP contribution in [-0.4, -0.2) is 48.8 Å². The first-order valence-corrected chi connectivity index (χ1v) is 11.2. The number of piperidine rings is 1. The van der Waals surface area contributed by atoms with E-state index in [9.17, 15) is 14.7 Å². The predicted molar refractivity (Wildman–Crippen MR) is 126 cm³/mol. The molecule has 168 valence electrons. The second kappa shape index (κ2) is 8.50. The lowest BCUT2D eigenvalue weighted by molar-refractivity contribution is -0.0300. The minimum atomic E-state index is -1.07. The molecule has 1 amide bonds. The molecular weight excluding hydrogens is 440 g/mol. The SMILES string of the molecule is O=C(c1cccc(-c2ccc(Cl)cc2)c1)N1CCC(O)(Cn2cnn3cccc3c2=O)CC1. The quantitative estimate of drug-likeness (QED) is 0.503. The van der Waals surface area contributed by atoms with Crippen molar-refractivity contribution in [1.82, 2.24) is 19.1 Å². The number of halogens is 1. The Morgan fingerprint density at radius 3 is 2.55 bits per heavy atom. The molecule has 0 spiro atoms. The molecule has 1 saturated heterocycles. The number of hydrogen-bond donors (Lipinski definition) is 1. The Hall–Kier alpha value is -3.42. The third kappa shape index (κ3) is 4.29. The molecule has 0 aliphatic carbocycles. The van der Waals surface area contributed by atoms with E-state index in [1.807, 2.05) is 42.5 Å². The number of likely N-dealkylation sites (tertiary alicyclic amines) is 1. The van der Waals surface area contributed by atoms with Gasteiger partial charge in [0.25, 0.3) is 11.5 Å². The zero-order valence-electron chi connectivity index (χ0n) is 17.9. The van der Waals surface area contributed by atoms with Crippen molar-refractivity contribution in [1.29, 1.82) is 0 Å². The molecule has 0 bridgehead atoms.